The lowest BCUT2D eigenvalue weighted by molar-refractivity contribution is 0.132. The summed E-state index contributed by atoms with van der Waals surface area (Å²) in [6.45, 7) is 1.64. The van der Waals surface area contributed by atoms with Crippen LogP contribution in [0.3, 0.4) is 0 Å². The maximum atomic E-state index is 11.7. The Bertz CT molecular complexity index is 1150. The van der Waals surface area contributed by atoms with Crippen molar-refractivity contribution in [2.75, 3.05) is 19.3 Å². The maximum Gasteiger partial charge on any atom is 0.407 e. The van der Waals surface area contributed by atoms with Crippen LogP contribution in [0.5, 0.6) is 0 Å². The standard InChI is InChI=1S/C20H22N4O4S/c1-29(27,28)18-10-15-6-9-24(19(15)22-12-18)13-17-3-2-16(11-21-17)14-4-7-23(8-5-14)20(25)26/h2-3,6,9-12,14H,4-5,7-8,13H2,1H3,(H,25,26). The topological polar surface area (TPSA) is 105 Å². The Kier molecular flexibility index (Phi) is 4.99. The predicted octanol–water partition coefficient (Wildman–Crippen LogP) is 2.74. The van der Waals surface area contributed by atoms with E-state index in [9.17, 15) is 13.2 Å². The third-order valence-electron chi connectivity index (χ3n) is 5.42. The summed E-state index contributed by atoms with van der Waals surface area (Å²) in [7, 11) is -3.29. The first kappa shape index (κ1) is 19.4. The molecule has 0 unspecified atom stereocenters. The molecular weight excluding hydrogens is 392 g/mol. The lowest BCUT2D eigenvalue weighted by Gasteiger charge is -2.30. The number of nitrogens with zero attached hydrogens (tertiary/aromatic N) is 4. The molecule has 1 aliphatic heterocycles. The second kappa shape index (κ2) is 7.47. The third-order valence-corrected chi connectivity index (χ3v) is 6.50. The SMILES string of the molecule is CS(=O)(=O)c1cnc2c(ccn2Cc2ccc(C3CCN(C(=O)O)CC3)cn2)c1. The molecule has 3 aromatic heterocycles. The summed E-state index contributed by atoms with van der Waals surface area (Å²) in [6, 6.07) is 7.52. The largest absolute Gasteiger partial charge is 0.465 e. The van der Waals surface area contributed by atoms with Gasteiger partial charge in [-0.3, -0.25) is 4.98 Å². The minimum atomic E-state index is -3.29. The molecule has 1 fully saturated rings. The molecule has 0 aromatic carbocycles. The van der Waals surface area contributed by atoms with Gasteiger partial charge in [0.15, 0.2) is 9.84 Å². The molecule has 0 spiro atoms. The number of pyridine rings is 2. The van der Waals surface area contributed by atoms with Crippen molar-refractivity contribution in [3.05, 3.63) is 54.1 Å². The molecule has 152 valence electrons. The number of piperidine rings is 1. The number of fused-ring (bicyclic) bond motifs is 1. The number of likely N-dealkylation sites (tertiary alicyclic amines) is 1. The van der Waals surface area contributed by atoms with Crippen LogP contribution in [-0.4, -0.2) is 58.4 Å². The quantitative estimate of drug-likeness (QED) is 0.704. The number of hydrogen-bond donors (Lipinski definition) is 1. The van der Waals surface area contributed by atoms with Crippen molar-refractivity contribution in [2.24, 2.45) is 0 Å². The summed E-state index contributed by atoms with van der Waals surface area (Å²) in [5, 5.41) is 9.83. The Hall–Kier alpha value is -2.94. The van der Waals surface area contributed by atoms with Gasteiger partial charge in [0.05, 0.1) is 17.1 Å². The highest BCUT2D eigenvalue weighted by atomic mass is 32.2. The summed E-state index contributed by atoms with van der Waals surface area (Å²) < 4.78 is 25.3. The van der Waals surface area contributed by atoms with Gasteiger partial charge in [-0.25, -0.2) is 18.2 Å². The van der Waals surface area contributed by atoms with Crippen LogP contribution < -0.4 is 0 Å². The smallest absolute Gasteiger partial charge is 0.407 e. The number of carboxylic acid groups (broad SMARTS) is 1. The predicted molar refractivity (Wildman–Crippen MR) is 108 cm³/mol. The fraction of sp³-hybridized carbons (Fsp3) is 0.350. The third kappa shape index (κ3) is 4.09. The van der Waals surface area contributed by atoms with E-state index in [-0.39, 0.29) is 4.90 Å². The molecule has 29 heavy (non-hydrogen) atoms. The summed E-state index contributed by atoms with van der Waals surface area (Å²) in [5.41, 5.74) is 2.72. The minimum absolute atomic E-state index is 0.208. The molecular formula is C20H22N4O4S. The van der Waals surface area contributed by atoms with E-state index in [1.807, 2.05) is 29.1 Å². The Morgan fingerprint density at radius 2 is 1.93 bits per heavy atom. The van der Waals surface area contributed by atoms with Crippen molar-refractivity contribution in [1.82, 2.24) is 19.4 Å². The van der Waals surface area contributed by atoms with E-state index in [0.29, 0.717) is 31.2 Å². The lowest BCUT2D eigenvalue weighted by atomic mass is 9.90. The van der Waals surface area contributed by atoms with Crippen LogP contribution in [0.1, 0.15) is 30.0 Å². The number of hydrogen-bond acceptors (Lipinski definition) is 5. The molecule has 4 heterocycles. The Labute approximate surface area is 168 Å². The van der Waals surface area contributed by atoms with Crippen LogP contribution in [0.25, 0.3) is 11.0 Å². The van der Waals surface area contributed by atoms with Crippen molar-refractivity contribution in [1.29, 1.82) is 0 Å². The van der Waals surface area contributed by atoms with Gasteiger partial charge in [-0.15, -0.1) is 0 Å². The van der Waals surface area contributed by atoms with Gasteiger partial charge >= 0.3 is 6.09 Å². The molecule has 8 nitrogen and oxygen atoms in total. The molecule has 1 N–H and O–H groups in total. The number of sulfone groups is 1. The van der Waals surface area contributed by atoms with Crippen molar-refractivity contribution in [3.63, 3.8) is 0 Å². The maximum absolute atomic E-state index is 11.7. The molecule has 0 saturated carbocycles. The molecule has 1 aliphatic rings. The van der Waals surface area contributed by atoms with Crippen molar-refractivity contribution in [2.45, 2.75) is 30.2 Å². The second-order valence-electron chi connectivity index (χ2n) is 7.43. The Morgan fingerprint density at radius 3 is 2.55 bits per heavy atom. The zero-order chi connectivity index (χ0) is 20.6. The highest BCUT2D eigenvalue weighted by Gasteiger charge is 2.23. The van der Waals surface area contributed by atoms with Crippen LogP contribution in [-0.2, 0) is 16.4 Å². The summed E-state index contributed by atoms with van der Waals surface area (Å²) >= 11 is 0. The van der Waals surface area contributed by atoms with E-state index >= 15 is 0 Å². The first-order valence-electron chi connectivity index (χ1n) is 9.39. The van der Waals surface area contributed by atoms with E-state index < -0.39 is 15.9 Å². The van der Waals surface area contributed by atoms with Gasteiger partial charge in [-0.05, 0) is 42.5 Å². The number of amides is 1. The van der Waals surface area contributed by atoms with Gasteiger partial charge in [-0.1, -0.05) is 6.07 Å². The number of rotatable bonds is 4. The summed E-state index contributed by atoms with van der Waals surface area (Å²) in [5.74, 6) is 0.329. The fourth-order valence-electron chi connectivity index (χ4n) is 3.74. The van der Waals surface area contributed by atoms with Crippen LogP contribution in [0.4, 0.5) is 4.79 Å². The zero-order valence-corrected chi connectivity index (χ0v) is 16.8. The lowest BCUT2D eigenvalue weighted by Crippen LogP contribution is -2.36. The van der Waals surface area contributed by atoms with Gasteiger partial charge < -0.3 is 14.6 Å². The molecule has 0 atom stereocenters. The van der Waals surface area contributed by atoms with Crippen molar-refractivity contribution in [3.8, 4) is 0 Å². The van der Waals surface area contributed by atoms with E-state index in [1.165, 1.54) is 17.4 Å². The van der Waals surface area contributed by atoms with E-state index in [2.05, 4.69) is 16.0 Å². The van der Waals surface area contributed by atoms with Gasteiger partial charge in [0.2, 0.25) is 0 Å². The average Bonchev–Trinajstić information content (AvgIpc) is 3.10. The highest BCUT2D eigenvalue weighted by Crippen LogP contribution is 2.28. The summed E-state index contributed by atoms with van der Waals surface area (Å²) in [6.07, 6.45) is 7.06. The monoisotopic (exact) mass is 414 g/mol. The van der Waals surface area contributed by atoms with Gasteiger partial charge in [0.1, 0.15) is 5.65 Å². The van der Waals surface area contributed by atoms with Gasteiger partial charge in [0.25, 0.3) is 0 Å². The molecule has 4 rings (SSSR count). The number of carbonyl (C=O) groups is 1. The number of aromatic nitrogens is 3. The molecule has 0 aliphatic carbocycles. The Morgan fingerprint density at radius 1 is 1.17 bits per heavy atom. The van der Waals surface area contributed by atoms with Crippen LogP contribution in [0.2, 0.25) is 0 Å². The van der Waals surface area contributed by atoms with Crippen molar-refractivity contribution >= 4 is 27.0 Å². The van der Waals surface area contributed by atoms with Gasteiger partial charge in [-0.2, -0.15) is 0 Å². The fourth-order valence-corrected chi connectivity index (χ4v) is 4.32. The molecule has 1 amide bonds. The molecule has 1 saturated heterocycles. The van der Waals surface area contributed by atoms with Gasteiger partial charge in [0, 0.05) is 43.3 Å². The first-order chi connectivity index (χ1) is 13.8. The van der Waals surface area contributed by atoms with Crippen molar-refractivity contribution < 1.29 is 18.3 Å². The molecule has 9 heteroatoms. The van der Waals surface area contributed by atoms with Crippen LogP contribution in [0, 0.1) is 0 Å². The highest BCUT2D eigenvalue weighted by molar-refractivity contribution is 7.90. The van der Waals surface area contributed by atoms with E-state index in [0.717, 1.165) is 29.5 Å². The minimum Gasteiger partial charge on any atom is -0.465 e. The molecule has 3 aromatic rings. The molecule has 0 bridgehead atoms. The second-order valence-corrected chi connectivity index (χ2v) is 9.44. The van der Waals surface area contributed by atoms with E-state index in [1.54, 1.807) is 6.07 Å². The average molecular weight is 414 g/mol. The normalized spacial score (nSPS) is 15.7. The van der Waals surface area contributed by atoms with Crippen LogP contribution >= 0.6 is 0 Å². The summed E-state index contributed by atoms with van der Waals surface area (Å²) in [4.78, 5) is 21.6. The first-order valence-corrected chi connectivity index (χ1v) is 11.3. The molecule has 0 radical (unpaired) electrons. The Balaban J connectivity index is 1.47. The zero-order valence-electron chi connectivity index (χ0n) is 16.0. The van der Waals surface area contributed by atoms with Crippen LogP contribution in [0.15, 0.2) is 47.8 Å². The van der Waals surface area contributed by atoms with E-state index in [4.69, 9.17) is 5.11 Å².